The molecular weight excluding hydrogens is 279 g/mol. The number of rotatable bonds is 3. The van der Waals surface area contributed by atoms with Gasteiger partial charge in [0.25, 0.3) is 6.43 Å². The van der Waals surface area contributed by atoms with Gasteiger partial charge < -0.3 is 4.74 Å². The number of halogens is 4. The van der Waals surface area contributed by atoms with E-state index in [1.54, 1.807) is 0 Å². The fourth-order valence-electron chi connectivity index (χ4n) is 1.05. The third-order valence-electron chi connectivity index (χ3n) is 1.63. The van der Waals surface area contributed by atoms with Crippen LogP contribution >= 0.6 is 27.5 Å². The highest BCUT2D eigenvalue weighted by Crippen LogP contribution is 2.33. The lowest BCUT2D eigenvalue weighted by Gasteiger charge is -2.10. The van der Waals surface area contributed by atoms with E-state index in [1.807, 2.05) is 0 Å². The maximum Gasteiger partial charge on any atom is 0.269 e. The third kappa shape index (κ3) is 2.33. The summed E-state index contributed by atoms with van der Waals surface area (Å²) in [6.07, 6.45) is -2.64. The van der Waals surface area contributed by atoms with E-state index in [2.05, 4.69) is 20.9 Å². The first-order chi connectivity index (χ1) is 6.60. The van der Waals surface area contributed by atoms with E-state index in [0.717, 1.165) is 0 Å². The van der Waals surface area contributed by atoms with Crippen LogP contribution in [-0.2, 0) is 5.88 Å². The van der Waals surface area contributed by atoms with E-state index >= 15 is 0 Å². The van der Waals surface area contributed by atoms with Crippen LogP contribution in [0.15, 0.2) is 10.7 Å². The summed E-state index contributed by atoms with van der Waals surface area (Å²) in [6.45, 7) is 0. The zero-order chi connectivity index (χ0) is 10.7. The number of aromatic nitrogens is 1. The van der Waals surface area contributed by atoms with Gasteiger partial charge in [0.05, 0.1) is 12.7 Å². The molecule has 14 heavy (non-hydrogen) atoms. The maximum absolute atomic E-state index is 12.6. The Kier molecular flexibility index (Phi) is 4.07. The molecule has 0 fully saturated rings. The van der Waals surface area contributed by atoms with Gasteiger partial charge in [0.1, 0.15) is 4.60 Å². The van der Waals surface area contributed by atoms with Crippen molar-refractivity contribution in [2.24, 2.45) is 0 Å². The van der Waals surface area contributed by atoms with Gasteiger partial charge in [-0.25, -0.2) is 13.8 Å². The lowest BCUT2D eigenvalue weighted by Crippen LogP contribution is -2.00. The zero-order valence-electron chi connectivity index (χ0n) is 7.23. The number of nitrogens with zero attached hydrogens (tertiary/aromatic N) is 1. The van der Waals surface area contributed by atoms with Crippen molar-refractivity contribution in [1.82, 2.24) is 4.98 Å². The molecule has 1 rings (SSSR count). The fourth-order valence-corrected chi connectivity index (χ4v) is 1.71. The average molecular weight is 287 g/mol. The molecule has 0 atom stereocenters. The Morgan fingerprint density at radius 1 is 1.64 bits per heavy atom. The molecule has 6 heteroatoms. The second-order valence-corrected chi connectivity index (χ2v) is 3.54. The Balaban J connectivity index is 3.33. The summed E-state index contributed by atoms with van der Waals surface area (Å²) in [7, 11) is 1.29. The molecule has 1 aromatic heterocycles. The Morgan fingerprint density at radius 2 is 2.29 bits per heavy atom. The maximum atomic E-state index is 12.6. The van der Waals surface area contributed by atoms with E-state index in [9.17, 15) is 8.78 Å². The Morgan fingerprint density at radius 3 is 2.71 bits per heavy atom. The fraction of sp³-hybridized carbons (Fsp3) is 0.375. The highest BCUT2D eigenvalue weighted by molar-refractivity contribution is 9.10. The molecule has 0 amide bonds. The van der Waals surface area contributed by atoms with E-state index in [4.69, 9.17) is 16.3 Å². The topological polar surface area (TPSA) is 22.1 Å². The summed E-state index contributed by atoms with van der Waals surface area (Å²) in [5.74, 6) is -0.0954. The van der Waals surface area contributed by atoms with Gasteiger partial charge in [-0.2, -0.15) is 0 Å². The van der Waals surface area contributed by atoms with E-state index < -0.39 is 6.43 Å². The van der Waals surface area contributed by atoms with Crippen molar-refractivity contribution in [2.75, 3.05) is 7.11 Å². The lowest BCUT2D eigenvalue weighted by molar-refractivity contribution is 0.145. The summed E-state index contributed by atoms with van der Waals surface area (Å²) in [4.78, 5) is 3.78. The van der Waals surface area contributed by atoms with Crippen molar-refractivity contribution in [3.05, 3.63) is 21.8 Å². The largest absolute Gasteiger partial charge is 0.481 e. The van der Waals surface area contributed by atoms with Crippen molar-refractivity contribution in [3.63, 3.8) is 0 Å². The number of alkyl halides is 3. The molecule has 1 heterocycles. The van der Waals surface area contributed by atoms with Gasteiger partial charge in [-0.1, -0.05) is 0 Å². The van der Waals surface area contributed by atoms with Crippen LogP contribution in [0.2, 0.25) is 0 Å². The minimum atomic E-state index is -2.64. The Bertz CT molecular complexity index is 310. The second-order valence-electron chi connectivity index (χ2n) is 2.46. The van der Waals surface area contributed by atoms with Crippen molar-refractivity contribution < 1.29 is 13.5 Å². The molecule has 0 aromatic carbocycles. The molecule has 0 aliphatic heterocycles. The van der Waals surface area contributed by atoms with Gasteiger partial charge in [-0.05, 0) is 27.6 Å². The molecule has 0 saturated heterocycles. The average Bonchev–Trinajstić information content (AvgIpc) is 2.15. The van der Waals surface area contributed by atoms with Crippen molar-refractivity contribution in [1.29, 1.82) is 0 Å². The molecule has 0 radical (unpaired) electrons. The highest BCUT2D eigenvalue weighted by Gasteiger charge is 2.20. The Labute approximate surface area is 93.4 Å². The minimum Gasteiger partial charge on any atom is -0.481 e. The quantitative estimate of drug-likeness (QED) is 0.626. The van der Waals surface area contributed by atoms with Crippen LogP contribution < -0.4 is 4.74 Å². The van der Waals surface area contributed by atoms with Crippen molar-refractivity contribution >= 4 is 27.5 Å². The zero-order valence-corrected chi connectivity index (χ0v) is 9.57. The first-order valence-corrected chi connectivity index (χ1v) is 5.00. The molecule has 0 aliphatic carbocycles. The molecule has 2 nitrogen and oxygen atoms in total. The number of pyridine rings is 1. The summed E-state index contributed by atoms with van der Waals surface area (Å²) in [6, 6.07) is 1.46. The molecule has 0 N–H and O–H groups in total. The number of ether oxygens (including phenoxy) is 1. The van der Waals surface area contributed by atoms with E-state index in [0.29, 0.717) is 10.2 Å². The minimum absolute atomic E-state index is 0.00282. The van der Waals surface area contributed by atoms with Gasteiger partial charge in [0, 0.05) is 5.88 Å². The van der Waals surface area contributed by atoms with Gasteiger partial charge in [0.2, 0.25) is 5.88 Å². The number of methoxy groups -OCH3 is 1. The molecule has 1 aromatic rings. The predicted octanol–water partition coefficient (Wildman–Crippen LogP) is 3.53. The summed E-state index contributed by atoms with van der Waals surface area (Å²) in [5.41, 5.74) is 0.0751. The van der Waals surface area contributed by atoms with Crippen molar-refractivity contribution in [2.45, 2.75) is 12.3 Å². The summed E-state index contributed by atoms with van der Waals surface area (Å²) < 4.78 is 30.4. The van der Waals surface area contributed by atoms with E-state index in [1.165, 1.54) is 13.2 Å². The molecule has 0 aliphatic rings. The standard InChI is InChI=1S/C8H7BrClF2NO/c1-14-8-6(7(11)12)4(3-10)2-5(9)13-8/h2,7H,3H2,1H3. The first-order valence-electron chi connectivity index (χ1n) is 3.67. The van der Waals surface area contributed by atoms with Gasteiger partial charge in [-0.15, -0.1) is 11.6 Å². The number of hydrogen-bond donors (Lipinski definition) is 0. The molecular formula is C8H7BrClF2NO. The van der Waals surface area contributed by atoms with Crippen LogP contribution in [0.25, 0.3) is 0 Å². The van der Waals surface area contributed by atoms with Crippen LogP contribution in [0.5, 0.6) is 5.88 Å². The monoisotopic (exact) mass is 285 g/mol. The third-order valence-corrected chi connectivity index (χ3v) is 2.33. The van der Waals surface area contributed by atoms with Crippen LogP contribution in [0, 0.1) is 0 Å². The van der Waals surface area contributed by atoms with Crippen LogP contribution in [-0.4, -0.2) is 12.1 Å². The van der Waals surface area contributed by atoms with E-state index in [-0.39, 0.29) is 17.3 Å². The molecule has 0 bridgehead atoms. The molecule has 0 spiro atoms. The van der Waals surface area contributed by atoms with Crippen LogP contribution in [0.1, 0.15) is 17.6 Å². The number of hydrogen-bond acceptors (Lipinski definition) is 2. The summed E-state index contributed by atoms with van der Waals surface area (Å²) >= 11 is 8.62. The normalized spacial score (nSPS) is 10.7. The smallest absolute Gasteiger partial charge is 0.269 e. The van der Waals surface area contributed by atoms with Crippen LogP contribution in [0.3, 0.4) is 0 Å². The molecule has 0 unspecified atom stereocenters. The SMILES string of the molecule is COc1nc(Br)cc(CCl)c1C(F)F. The molecule has 78 valence electrons. The highest BCUT2D eigenvalue weighted by atomic mass is 79.9. The predicted molar refractivity (Wildman–Crippen MR) is 53.0 cm³/mol. The Hall–Kier alpha value is -0.420. The second kappa shape index (κ2) is 4.89. The van der Waals surface area contributed by atoms with Crippen molar-refractivity contribution in [3.8, 4) is 5.88 Å². The van der Waals surface area contributed by atoms with Gasteiger partial charge in [-0.3, -0.25) is 0 Å². The van der Waals surface area contributed by atoms with Gasteiger partial charge in [0.15, 0.2) is 0 Å². The first kappa shape index (κ1) is 11.7. The van der Waals surface area contributed by atoms with Gasteiger partial charge >= 0.3 is 0 Å². The lowest BCUT2D eigenvalue weighted by atomic mass is 10.1. The summed E-state index contributed by atoms with van der Waals surface area (Å²) in [5, 5.41) is 0. The molecule has 0 saturated carbocycles. The van der Waals surface area contributed by atoms with Crippen LogP contribution in [0.4, 0.5) is 8.78 Å².